The highest BCUT2D eigenvalue weighted by Gasteiger charge is 2.04. The Morgan fingerprint density at radius 2 is 1.89 bits per heavy atom. The maximum atomic E-state index is 5.40. The molecular weight excluding hydrogens is 236 g/mol. The molecule has 0 atom stereocenters. The molecule has 0 bridgehead atoms. The van der Waals surface area contributed by atoms with Crippen LogP contribution in [0, 0.1) is 0 Å². The molecule has 1 heterocycles. The first-order valence-corrected chi connectivity index (χ1v) is 6.59. The lowest BCUT2D eigenvalue weighted by Crippen LogP contribution is -2.12. The fraction of sp³-hybridized carbons (Fsp3) is 0.312. The number of benzene rings is 1. The molecule has 3 nitrogen and oxygen atoms in total. The Labute approximate surface area is 114 Å². The highest BCUT2D eigenvalue weighted by Crippen LogP contribution is 2.21. The average Bonchev–Trinajstić information content (AvgIpc) is 2.46. The third kappa shape index (κ3) is 3.80. The highest BCUT2D eigenvalue weighted by atomic mass is 16.5. The monoisotopic (exact) mass is 256 g/mol. The summed E-state index contributed by atoms with van der Waals surface area (Å²) in [6, 6.07) is 10.5. The molecule has 2 aromatic rings. The number of hydrogen-bond donors (Lipinski definition) is 1. The van der Waals surface area contributed by atoms with Crippen LogP contribution in [0.25, 0.3) is 0 Å². The summed E-state index contributed by atoms with van der Waals surface area (Å²) in [7, 11) is 1.72. The molecule has 0 aliphatic rings. The van der Waals surface area contributed by atoms with Gasteiger partial charge in [0.2, 0.25) is 0 Å². The SMILES string of the molecule is CCNCc1cc(Cc2ccncc2)ccc1OC. The fourth-order valence-corrected chi connectivity index (χ4v) is 2.08. The van der Waals surface area contributed by atoms with Gasteiger partial charge in [-0.1, -0.05) is 19.1 Å². The number of aromatic nitrogens is 1. The fourth-order valence-electron chi connectivity index (χ4n) is 2.08. The quantitative estimate of drug-likeness (QED) is 0.863. The summed E-state index contributed by atoms with van der Waals surface area (Å²) in [5.74, 6) is 0.944. The van der Waals surface area contributed by atoms with E-state index in [-0.39, 0.29) is 0 Å². The number of rotatable bonds is 6. The smallest absolute Gasteiger partial charge is 0.123 e. The van der Waals surface area contributed by atoms with Gasteiger partial charge >= 0.3 is 0 Å². The number of nitrogens with zero attached hydrogens (tertiary/aromatic N) is 1. The first kappa shape index (κ1) is 13.6. The summed E-state index contributed by atoms with van der Waals surface area (Å²) in [4.78, 5) is 4.04. The van der Waals surface area contributed by atoms with Crippen LogP contribution in [0.15, 0.2) is 42.7 Å². The van der Waals surface area contributed by atoms with E-state index in [9.17, 15) is 0 Å². The van der Waals surface area contributed by atoms with E-state index in [0.29, 0.717) is 0 Å². The van der Waals surface area contributed by atoms with Gasteiger partial charge in [-0.25, -0.2) is 0 Å². The van der Waals surface area contributed by atoms with E-state index in [1.165, 1.54) is 16.7 Å². The third-order valence-electron chi connectivity index (χ3n) is 3.07. The summed E-state index contributed by atoms with van der Waals surface area (Å²) in [6.45, 7) is 3.90. The van der Waals surface area contributed by atoms with Crippen molar-refractivity contribution in [3.8, 4) is 5.75 Å². The zero-order chi connectivity index (χ0) is 13.5. The minimum absolute atomic E-state index is 0.837. The van der Waals surface area contributed by atoms with Gasteiger partial charge in [0.05, 0.1) is 7.11 Å². The van der Waals surface area contributed by atoms with Crippen molar-refractivity contribution in [1.29, 1.82) is 0 Å². The van der Waals surface area contributed by atoms with Gasteiger partial charge in [0.1, 0.15) is 5.75 Å². The molecule has 0 aliphatic heterocycles. The summed E-state index contributed by atoms with van der Waals surface area (Å²) in [5.41, 5.74) is 3.77. The molecule has 0 unspecified atom stereocenters. The molecular formula is C16H20N2O. The molecule has 0 saturated heterocycles. The summed E-state index contributed by atoms with van der Waals surface area (Å²) < 4.78 is 5.40. The van der Waals surface area contributed by atoms with Crippen molar-refractivity contribution in [2.45, 2.75) is 19.9 Å². The van der Waals surface area contributed by atoms with Gasteiger partial charge < -0.3 is 10.1 Å². The standard InChI is InChI=1S/C16H20N2O/c1-3-17-12-15-11-14(4-5-16(15)19-2)10-13-6-8-18-9-7-13/h4-9,11,17H,3,10,12H2,1-2H3. The molecule has 0 spiro atoms. The zero-order valence-electron chi connectivity index (χ0n) is 11.5. The molecule has 1 aromatic carbocycles. The lowest BCUT2D eigenvalue weighted by molar-refractivity contribution is 0.408. The Morgan fingerprint density at radius 1 is 1.11 bits per heavy atom. The Morgan fingerprint density at radius 3 is 2.58 bits per heavy atom. The van der Waals surface area contributed by atoms with E-state index < -0.39 is 0 Å². The molecule has 19 heavy (non-hydrogen) atoms. The van der Waals surface area contributed by atoms with Crippen LogP contribution in [-0.4, -0.2) is 18.6 Å². The lowest BCUT2D eigenvalue weighted by Gasteiger charge is -2.11. The Kier molecular flexibility index (Phi) is 4.93. The van der Waals surface area contributed by atoms with Crippen molar-refractivity contribution in [3.05, 3.63) is 59.4 Å². The maximum absolute atomic E-state index is 5.40. The average molecular weight is 256 g/mol. The second-order valence-corrected chi connectivity index (χ2v) is 4.46. The molecule has 100 valence electrons. The van der Waals surface area contributed by atoms with Gasteiger partial charge in [-0.2, -0.15) is 0 Å². The van der Waals surface area contributed by atoms with Crippen LogP contribution in [-0.2, 0) is 13.0 Å². The Bertz CT molecular complexity index is 511. The van der Waals surface area contributed by atoms with Crippen LogP contribution in [0.4, 0.5) is 0 Å². The molecule has 0 radical (unpaired) electrons. The molecule has 0 amide bonds. The molecule has 1 N–H and O–H groups in total. The van der Waals surface area contributed by atoms with Crippen molar-refractivity contribution >= 4 is 0 Å². The number of nitrogens with one attached hydrogen (secondary N) is 1. The molecule has 3 heteroatoms. The van der Waals surface area contributed by atoms with Gasteiger partial charge in [-0.3, -0.25) is 4.98 Å². The molecule has 0 aliphatic carbocycles. The zero-order valence-corrected chi connectivity index (χ0v) is 11.5. The van der Waals surface area contributed by atoms with Crippen LogP contribution >= 0.6 is 0 Å². The van der Waals surface area contributed by atoms with E-state index in [1.54, 1.807) is 7.11 Å². The van der Waals surface area contributed by atoms with Crippen LogP contribution in [0.2, 0.25) is 0 Å². The predicted octanol–water partition coefficient (Wildman–Crippen LogP) is 2.79. The van der Waals surface area contributed by atoms with Gasteiger partial charge in [-0.15, -0.1) is 0 Å². The van der Waals surface area contributed by atoms with Crippen LogP contribution in [0.3, 0.4) is 0 Å². The van der Waals surface area contributed by atoms with E-state index in [1.807, 2.05) is 30.6 Å². The van der Waals surface area contributed by atoms with Crippen LogP contribution in [0.1, 0.15) is 23.6 Å². The van der Waals surface area contributed by atoms with Gasteiger partial charge in [0.15, 0.2) is 0 Å². The Balaban J connectivity index is 2.17. The molecule has 0 fully saturated rings. The highest BCUT2D eigenvalue weighted by molar-refractivity contribution is 5.39. The van der Waals surface area contributed by atoms with Gasteiger partial charge in [0, 0.05) is 24.5 Å². The maximum Gasteiger partial charge on any atom is 0.123 e. The molecule has 2 rings (SSSR count). The van der Waals surface area contributed by atoms with E-state index in [0.717, 1.165) is 25.3 Å². The first-order chi connectivity index (χ1) is 9.33. The summed E-state index contributed by atoms with van der Waals surface area (Å²) >= 11 is 0. The van der Waals surface area contributed by atoms with Crippen molar-refractivity contribution in [2.75, 3.05) is 13.7 Å². The number of methoxy groups -OCH3 is 1. The van der Waals surface area contributed by atoms with Crippen molar-refractivity contribution in [1.82, 2.24) is 10.3 Å². The molecule has 1 aromatic heterocycles. The van der Waals surface area contributed by atoms with Gasteiger partial charge in [-0.05, 0) is 42.3 Å². The molecule has 0 saturated carbocycles. The topological polar surface area (TPSA) is 34.2 Å². The van der Waals surface area contributed by atoms with Gasteiger partial charge in [0.25, 0.3) is 0 Å². The van der Waals surface area contributed by atoms with E-state index >= 15 is 0 Å². The first-order valence-electron chi connectivity index (χ1n) is 6.59. The van der Waals surface area contributed by atoms with Crippen molar-refractivity contribution in [3.63, 3.8) is 0 Å². The van der Waals surface area contributed by atoms with E-state index in [4.69, 9.17) is 4.74 Å². The van der Waals surface area contributed by atoms with Crippen molar-refractivity contribution in [2.24, 2.45) is 0 Å². The normalized spacial score (nSPS) is 10.4. The number of pyridine rings is 1. The van der Waals surface area contributed by atoms with E-state index in [2.05, 4.69) is 29.4 Å². The predicted molar refractivity (Wildman–Crippen MR) is 77.4 cm³/mol. The van der Waals surface area contributed by atoms with Crippen LogP contribution in [0.5, 0.6) is 5.75 Å². The summed E-state index contributed by atoms with van der Waals surface area (Å²) in [6.07, 6.45) is 4.59. The third-order valence-corrected chi connectivity index (χ3v) is 3.07. The van der Waals surface area contributed by atoms with Crippen LogP contribution < -0.4 is 10.1 Å². The van der Waals surface area contributed by atoms with Crippen molar-refractivity contribution < 1.29 is 4.74 Å². The largest absolute Gasteiger partial charge is 0.496 e. The number of hydrogen-bond acceptors (Lipinski definition) is 3. The minimum atomic E-state index is 0.837. The number of ether oxygens (including phenoxy) is 1. The Hall–Kier alpha value is -1.87. The second-order valence-electron chi connectivity index (χ2n) is 4.46. The lowest BCUT2D eigenvalue weighted by atomic mass is 10.0. The second kappa shape index (κ2) is 6.90. The minimum Gasteiger partial charge on any atom is -0.496 e. The summed E-state index contributed by atoms with van der Waals surface area (Å²) in [5, 5.41) is 3.34.